The number of carbonyl (C=O) groups excluding carboxylic acids is 2. The topological polar surface area (TPSA) is 66.4 Å². The van der Waals surface area contributed by atoms with Crippen molar-refractivity contribution in [2.75, 3.05) is 6.54 Å². The predicted molar refractivity (Wildman–Crippen MR) is 96.3 cm³/mol. The van der Waals surface area contributed by atoms with Crippen LogP contribution in [0.2, 0.25) is 0 Å². The molecule has 4 nitrogen and oxygen atoms in total. The fraction of sp³-hybridized carbons (Fsp3) is 0.368. The Labute approximate surface area is 146 Å². The van der Waals surface area contributed by atoms with Crippen molar-refractivity contribution in [1.29, 1.82) is 0 Å². The molecule has 0 aliphatic rings. The number of aliphatic hydroxyl groups is 1. The average Bonchev–Trinajstić information content (AvgIpc) is 3.13. The van der Waals surface area contributed by atoms with Gasteiger partial charge in [-0.1, -0.05) is 37.3 Å². The van der Waals surface area contributed by atoms with E-state index in [9.17, 15) is 14.7 Å². The molecule has 0 fully saturated rings. The summed E-state index contributed by atoms with van der Waals surface area (Å²) in [4.78, 5) is 24.8. The van der Waals surface area contributed by atoms with E-state index in [1.54, 1.807) is 19.1 Å². The van der Waals surface area contributed by atoms with Crippen LogP contribution in [0.5, 0.6) is 0 Å². The second-order valence-corrected chi connectivity index (χ2v) is 6.95. The van der Waals surface area contributed by atoms with Crippen LogP contribution in [0.3, 0.4) is 0 Å². The minimum atomic E-state index is -1.09. The number of ketones is 1. The quantitative estimate of drug-likeness (QED) is 0.722. The van der Waals surface area contributed by atoms with Crippen LogP contribution in [-0.2, 0) is 16.8 Å². The smallest absolute Gasteiger partial charge is 0.220 e. The molecule has 1 aromatic heterocycles. The molecule has 5 heteroatoms. The number of rotatable bonds is 8. The first-order valence-electron chi connectivity index (χ1n) is 8.07. The molecule has 128 valence electrons. The summed E-state index contributed by atoms with van der Waals surface area (Å²) < 4.78 is 0. The molecule has 1 amide bonds. The molecule has 1 aromatic carbocycles. The number of thiophene rings is 1. The van der Waals surface area contributed by atoms with Gasteiger partial charge in [-0.2, -0.15) is 0 Å². The number of nitrogens with one attached hydrogen (secondary N) is 1. The molecule has 0 aliphatic carbocycles. The summed E-state index contributed by atoms with van der Waals surface area (Å²) in [5, 5.41) is 14.9. The monoisotopic (exact) mass is 345 g/mol. The lowest BCUT2D eigenvalue weighted by molar-refractivity contribution is -0.122. The summed E-state index contributed by atoms with van der Waals surface area (Å²) in [5.74, 6) is -0.275. The molecule has 0 radical (unpaired) electrons. The Bertz CT molecular complexity index is 675. The molecular weight excluding hydrogens is 322 g/mol. The molecule has 0 spiro atoms. The van der Waals surface area contributed by atoms with E-state index in [1.165, 1.54) is 16.9 Å². The maximum atomic E-state index is 12.1. The van der Waals surface area contributed by atoms with Gasteiger partial charge in [-0.15, -0.1) is 11.3 Å². The summed E-state index contributed by atoms with van der Waals surface area (Å²) in [5.41, 5.74) is 0.717. The molecule has 1 atom stereocenters. The van der Waals surface area contributed by atoms with Crippen molar-refractivity contribution in [3.8, 4) is 0 Å². The highest BCUT2D eigenvalue weighted by Crippen LogP contribution is 2.24. The highest BCUT2D eigenvalue weighted by Gasteiger charge is 2.24. The maximum absolute atomic E-state index is 12.1. The minimum Gasteiger partial charge on any atom is -0.383 e. The van der Waals surface area contributed by atoms with E-state index in [0.717, 1.165) is 11.3 Å². The molecule has 0 aliphatic heterocycles. The Morgan fingerprint density at radius 1 is 1.17 bits per heavy atom. The van der Waals surface area contributed by atoms with Crippen molar-refractivity contribution >= 4 is 23.0 Å². The molecule has 2 aromatic rings. The lowest BCUT2D eigenvalue weighted by Gasteiger charge is -2.22. The molecule has 24 heavy (non-hydrogen) atoms. The van der Waals surface area contributed by atoms with Gasteiger partial charge in [0.25, 0.3) is 0 Å². The summed E-state index contributed by atoms with van der Waals surface area (Å²) in [7, 11) is 0. The Morgan fingerprint density at radius 3 is 2.46 bits per heavy atom. The first kappa shape index (κ1) is 18.4. The third kappa shape index (κ3) is 5.01. The molecular formula is C19H23NO3S. The molecule has 1 heterocycles. The highest BCUT2D eigenvalue weighted by molar-refractivity contribution is 7.10. The fourth-order valence-electron chi connectivity index (χ4n) is 2.33. The largest absolute Gasteiger partial charge is 0.383 e. The van der Waals surface area contributed by atoms with Crippen LogP contribution >= 0.6 is 11.3 Å². The number of amides is 1. The third-order valence-corrected chi connectivity index (χ3v) is 5.07. The second kappa shape index (κ2) is 8.22. The average molecular weight is 345 g/mol. The van der Waals surface area contributed by atoms with Gasteiger partial charge in [0, 0.05) is 23.3 Å². The normalized spacial score (nSPS) is 13.3. The highest BCUT2D eigenvalue weighted by atomic mass is 32.1. The summed E-state index contributed by atoms with van der Waals surface area (Å²) in [6.07, 6.45) is 1.22. The number of aryl methyl sites for hydroxylation is 1. The number of Topliss-reactive ketones (excluding diaryl/α,β-unsaturated/α-hetero) is 1. The zero-order valence-corrected chi connectivity index (χ0v) is 14.9. The Balaban J connectivity index is 1.79. The van der Waals surface area contributed by atoms with Gasteiger partial charge in [0.05, 0.1) is 6.54 Å². The first-order chi connectivity index (χ1) is 11.4. The number of benzene rings is 1. The van der Waals surface area contributed by atoms with Gasteiger partial charge in [-0.25, -0.2) is 0 Å². The summed E-state index contributed by atoms with van der Waals surface area (Å²) in [6.45, 7) is 3.86. The molecule has 2 rings (SSSR count). The lowest BCUT2D eigenvalue weighted by atomic mass is 10.0. The van der Waals surface area contributed by atoms with Crippen LogP contribution in [0, 0.1) is 0 Å². The first-order valence-corrected chi connectivity index (χ1v) is 8.95. The summed E-state index contributed by atoms with van der Waals surface area (Å²) >= 11 is 1.44. The van der Waals surface area contributed by atoms with Gasteiger partial charge in [-0.05, 0) is 30.4 Å². The second-order valence-electron chi connectivity index (χ2n) is 6.00. The Morgan fingerprint density at radius 2 is 1.88 bits per heavy atom. The van der Waals surface area contributed by atoms with E-state index in [4.69, 9.17) is 0 Å². The van der Waals surface area contributed by atoms with Crippen molar-refractivity contribution in [3.63, 3.8) is 0 Å². The van der Waals surface area contributed by atoms with Gasteiger partial charge in [-0.3, -0.25) is 9.59 Å². The standard InChI is InChI=1S/C19H23NO3S/c1-3-14-6-8-15(9-7-14)16(21)10-11-18(22)20-13-19(2,23)17-5-4-12-24-17/h4-9,12,23H,3,10-11,13H2,1-2H3,(H,20,22). The van der Waals surface area contributed by atoms with E-state index >= 15 is 0 Å². The fourth-order valence-corrected chi connectivity index (χ4v) is 3.12. The Hall–Kier alpha value is -1.98. The maximum Gasteiger partial charge on any atom is 0.220 e. The van der Waals surface area contributed by atoms with Gasteiger partial charge >= 0.3 is 0 Å². The van der Waals surface area contributed by atoms with Gasteiger partial charge in [0.1, 0.15) is 5.60 Å². The van der Waals surface area contributed by atoms with Crippen molar-refractivity contribution in [3.05, 3.63) is 57.8 Å². The zero-order valence-electron chi connectivity index (χ0n) is 14.0. The van der Waals surface area contributed by atoms with Crippen molar-refractivity contribution in [1.82, 2.24) is 5.32 Å². The molecule has 2 N–H and O–H groups in total. The predicted octanol–water partition coefficient (Wildman–Crippen LogP) is 3.30. The number of hydrogen-bond acceptors (Lipinski definition) is 4. The minimum absolute atomic E-state index is 0.0437. The third-order valence-electron chi connectivity index (χ3n) is 3.95. The number of hydrogen-bond donors (Lipinski definition) is 2. The van der Waals surface area contributed by atoms with Crippen LogP contribution in [0.25, 0.3) is 0 Å². The lowest BCUT2D eigenvalue weighted by Crippen LogP contribution is -2.38. The van der Waals surface area contributed by atoms with E-state index in [-0.39, 0.29) is 31.1 Å². The van der Waals surface area contributed by atoms with E-state index in [2.05, 4.69) is 12.2 Å². The van der Waals surface area contributed by atoms with Gasteiger partial charge in [0.2, 0.25) is 5.91 Å². The van der Waals surface area contributed by atoms with Gasteiger partial charge < -0.3 is 10.4 Å². The Kier molecular flexibility index (Phi) is 6.29. The van der Waals surface area contributed by atoms with Crippen LogP contribution in [0.1, 0.15) is 47.5 Å². The number of carbonyl (C=O) groups is 2. The van der Waals surface area contributed by atoms with Crippen LogP contribution in [0.4, 0.5) is 0 Å². The van der Waals surface area contributed by atoms with Crippen LogP contribution in [-0.4, -0.2) is 23.3 Å². The molecule has 1 unspecified atom stereocenters. The molecule has 0 bridgehead atoms. The summed E-state index contributed by atoms with van der Waals surface area (Å²) in [6, 6.07) is 11.2. The zero-order chi connectivity index (χ0) is 17.6. The van der Waals surface area contributed by atoms with E-state index in [1.807, 2.05) is 29.6 Å². The van der Waals surface area contributed by atoms with E-state index < -0.39 is 5.60 Å². The van der Waals surface area contributed by atoms with Gasteiger partial charge in [0.15, 0.2) is 5.78 Å². The van der Waals surface area contributed by atoms with E-state index in [0.29, 0.717) is 5.56 Å². The molecule has 0 saturated heterocycles. The van der Waals surface area contributed by atoms with Crippen molar-refractivity contribution in [2.45, 2.75) is 38.7 Å². The van der Waals surface area contributed by atoms with Crippen LogP contribution in [0.15, 0.2) is 41.8 Å². The van der Waals surface area contributed by atoms with Crippen molar-refractivity contribution < 1.29 is 14.7 Å². The van der Waals surface area contributed by atoms with Crippen LogP contribution < -0.4 is 5.32 Å². The molecule has 0 saturated carbocycles. The van der Waals surface area contributed by atoms with Crippen molar-refractivity contribution in [2.24, 2.45) is 0 Å². The SMILES string of the molecule is CCc1ccc(C(=O)CCC(=O)NCC(C)(O)c2cccs2)cc1.